The van der Waals surface area contributed by atoms with Gasteiger partial charge >= 0.3 is 12.1 Å². The number of rotatable bonds is 7. The number of benzene rings is 2. The van der Waals surface area contributed by atoms with Gasteiger partial charge in [-0.25, -0.2) is 4.79 Å². The number of ether oxygens (including phenoxy) is 1. The van der Waals surface area contributed by atoms with Crippen LogP contribution in [0.25, 0.3) is 11.1 Å². The minimum absolute atomic E-state index is 0.0301. The van der Waals surface area contributed by atoms with Crippen molar-refractivity contribution in [3.63, 3.8) is 0 Å². The predicted octanol–water partition coefficient (Wildman–Crippen LogP) is 2.07. The fraction of sp³-hybridized carbons (Fsp3) is 0.400. The van der Waals surface area contributed by atoms with Crippen molar-refractivity contribution in [2.24, 2.45) is 17.8 Å². The van der Waals surface area contributed by atoms with Crippen LogP contribution in [0.4, 0.5) is 4.79 Å². The second kappa shape index (κ2) is 8.51. The maximum Gasteiger partial charge on any atom is 0.407 e. The van der Waals surface area contributed by atoms with Gasteiger partial charge in [-0.3, -0.25) is 9.59 Å². The zero-order valence-electron chi connectivity index (χ0n) is 18.0. The Kier molecular flexibility index (Phi) is 5.54. The molecular formula is C25H26N2O6. The van der Waals surface area contributed by atoms with E-state index in [1.807, 2.05) is 36.4 Å². The molecule has 3 unspecified atom stereocenters. The monoisotopic (exact) mass is 450 g/mol. The van der Waals surface area contributed by atoms with Crippen molar-refractivity contribution >= 4 is 18.0 Å². The molecule has 8 nitrogen and oxygen atoms in total. The SMILES string of the molecule is O=C(NCC(O)CC(=O)N1CC2C(C1)C2C(=O)O)OCC1c2ccccc2-c2ccccc21. The van der Waals surface area contributed by atoms with E-state index in [4.69, 9.17) is 9.84 Å². The first-order valence-electron chi connectivity index (χ1n) is 11.2. The van der Waals surface area contributed by atoms with Gasteiger partial charge in [-0.2, -0.15) is 0 Å². The number of carboxylic acids is 1. The predicted molar refractivity (Wildman–Crippen MR) is 118 cm³/mol. The minimum atomic E-state index is -1.04. The second-order valence-electron chi connectivity index (χ2n) is 9.05. The third kappa shape index (κ3) is 4.06. The van der Waals surface area contributed by atoms with Crippen LogP contribution in [0.1, 0.15) is 23.5 Å². The highest BCUT2D eigenvalue weighted by Crippen LogP contribution is 2.51. The van der Waals surface area contributed by atoms with Crippen molar-refractivity contribution in [2.75, 3.05) is 26.2 Å². The minimum Gasteiger partial charge on any atom is -0.481 e. The van der Waals surface area contributed by atoms with E-state index in [1.54, 1.807) is 4.90 Å². The van der Waals surface area contributed by atoms with Crippen molar-refractivity contribution < 1.29 is 29.3 Å². The smallest absolute Gasteiger partial charge is 0.407 e. The number of alkyl carbamates (subject to hydrolysis) is 1. The molecule has 33 heavy (non-hydrogen) atoms. The number of nitrogens with one attached hydrogen (secondary N) is 1. The van der Waals surface area contributed by atoms with Gasteiger partial charge in [-0.15, -0.1) is 0 Å². The highest BCUT2D eigenvalue weighted by molar-refractivity contribution is 5.80. The summed E-state index contributed by atoms with van der Waals surface area (Å²) in [7, 11) is 0. The zero-order valence-corrected chi connectivity index (χ0v) is 18.0. The Balaban J connectivity index is 1.07. The molecule has 3 atom stereocenters. The molecule has 2 aromatic carbocycles. The molecule has 3 aliphatic rings. The highest BCUT2D eigenvalue weighted by Gasteiger charge is 2.60. The quantitative estimate of drug-likeness (QED) is 0.595. The van der Waals surface area contributed by atoms with E-state index in [0.29, 0.717) is 13.1 Å². The summed E-state index contributed by atoms with van der Waals surface area (Å²) in [6.45, 7) is 0.928. The van der Waals surface area contributed by atoms with E-state index in [0.717, 1.165) is 22.3 Å². The Morgan fingerprint density at radius 2 is 1.58 bits per heavy atom. The van der Waals surface area contributed by atoms with Crippen LogP contribution < -0.4 is 5.32 Å². The van der Waals surface area contributed by atoms with E-state index < -0.39 is 18.2 Å². The maximum atomic E-state index is 12.4. The normalized spacial score (nSPS) is 23.3. The maximum absolute atomic E-state index is 12.4. The first-order chi connectivity index (χ1) is 15.9. The summed E-state index contributed by atoms with van der Waals surface area (Å²) in [5.41, 5.74) is 4.52. The number of aliphatic hydroxyl groups is 1. The van der Waals surface area contributed by atoms with Crippen LogP contribution in [0.3, 0.4) is 0 Å². The molecule has 0 aromatic heterocycles. The largest absolute Gasteiger partial charge is 0.481 e. The fourth-order valence-corrected chi connectivity index (χ4v) is 5.35. The fourth-order valence-electron chi connectivity index (χ4n) is 5.35. The molecule has 172 valence electrons. The Morgan fingerprint density at radius 1 is 1.00 bits per heavy atom. The van der Waals surface area contributed by atoms with Crippen molar-refractivity contribution in [1.29, 1.82) is 0 Å². The number of aliphatic carboxylic acids is 1. The summed E-state index contributed by atoms with van der Waals surface area (Å²) < 4.78 is 5.44. The van der Waals surface area contributed by atoms with Crippen LogP contribution in [0.15, 0.2) is 48.5 Å². The number of fused-ring (bicyclic) bond motifs is 4. The number of carbonyl (C=O) groups is 3. The Morgan fingerprint density at radius 3 is 2.15 bits per heavy atom. The van der Waals surface area contributed by atoms with E-state index in [9.17, 15) is 19.5 Å². The van der Waals surface area contributed by atoms with Gasteiger partial charge in [0.25, 0.3) is 0 Å². The zero-order chi connectivity index (χ0) is 23.1. The highest BCUT2D eigenvalue weighted by atomic mass is 16.5. The summed E-state index contributed by atoms with van der Waals surface area (Å²) in [6, 6.07) is 16.1. The average Bonchev–Trinajstić information content (AvgIpc) is 3.16. The van der Waals surface area contributed by atoms with E-state index in [-0.39, 0.29) is 49.2 Å². The van der Waals surface area contributed by atoms with Crippen molar-refractivity contribution in [2.45, 2.75) is 18.4 Å². The molecule has 3 N–H and O–H groups in total. The Hall–Kier alpha value is -3.39. The third-order valence-corrected chi connectivity index (χ3v) is 7.07. The van der Waals surface area contributed by atoms with Gasteiger partial charge in [0.2, 0.25) is 5.91 Å². The van der Waals surface area contributed by atoms with Gasteiger partial charge in [0.1, 0.15) is 6.61 Å². The molecule has 1 heterocycles. The van der Waals surface area contributed by atoms with Gasteiger partial charge in [0.15, 0.2) is 0 Å². The number of carboxylic acid groups (broad SMARTS) is 1. The van der Waals surface area contributed by atoms with E-state index in [1.165, 1.54) is 0 Å². The third-order valence-electron chi connectivity index (χ3n) is 7.07. The summed E-state index contributed by atoms with van der Waals surface area (Å²) in [4.78, 5) is 37.2. The molecule has 2 aliphatic carbocycles. The molecule has 0 radical (unpaired) electrons. The van der Waals surface area contributed by atoms with Gasteiger partial charge in [-0.05, 0) is 34.1 Å². The molecule has 8 heteroatoms. The number of piperidine rings is 1. The molecule has 5 rings (SSSR count). The first-order valence-corrected chi connectivity index (χ1v) is 11.2. The van der Waals surface area contributed by atoms with Crippen molar-refractivity contribution in [1.82, 2.24) is 10.2 Å². The number of hydrogen-bond donors (Lipinski definition) is 3. The van der Waals surface area contributed by atoms with E-state index >= 15 is 0 Å². The molecule has 1 aliphatic heterocycles. The summed E-state index contributed by atoms with van der Waals surface area (Å²) >= 11 is 0. The number of nitrogens with zero attached hydrogens (tertiary/aromatic N) is 1. The number of likely N-dealkylation sites (tertiary alicyclic amines) is 1. The van der Waals surface area contributed by atoms with Crippen LogP contribution in [0, 0.1) is 17.8 Å². The molecule has 2 aromatic rings. The summed E-state index contributed by atoms with van der Waals surface area (Å²) in [5, 5.41) is 21.8. The topological polar surface area (TPSA) is 116 Å². The molecule has 1 saturated carbocycles. The van der Waals surface area contributed by atoms with Crippen LogP contribution in [0.2, 0.25) is 0 Å². The van der Waals surface area contributed by atoms with Crippen LogP contribution in [0.5, 0.6) is 0 Å². The lowest BCUT2D eigenvalue weighted by Crippen LogP contribution is -2.38. The number of aliphatic hydroxyl groups excluding tert-OH is 1. The van der Waals surface area contributed by atoms with Crippen molar-refractivity contribution in [3.8, 4) is 11.1 Å². The van der Waals surface area contributed by atoms with Gasteiger partial charge in [0.05, 0.1) is 18.4 Å². The molecule has 2 fully saturated rings. The standard InChI is InChI=1S/C25H26N2O6/c28-14(9-22(29)27-11-19-20(12-27)23(19)24(30)31)10-26-25(32)33-13-21-17-7-3-1-5-15(17)16-6-2-4-8-18(16)21/h1-8,14,19-21,23,28H,9-13H2,(H,26,32)(H,30,31). The molecule has 0 bridgehead atoms. The summed E-state index contributed by atoms with van der Waals surface area (Å²) in [5.74, 6) is -1.36. The Labute approximate surface area is 191 Å². The van der Waals surface area contributed by atoms with Gasteiger partial charge < -0.3 is 25.2 Å². The lowest BCUT2D eigenvalue weighted by Gasteiger charge is -2.21. The van der Waals surface area contributed by atoms with Gasteiger partial charge in [0, 0.05) is 25.6 Å². The van der Waals surface area contributed by atoms with Crippen LogP contribution in [-0.2, 0) is 14.3 Å². The number of amides is 2. The number of hydrogen-bond acceptors (Lipinski definition) is 5. The lowest BCUT2D eigenvalue weighted by molar-refractivity contribution is -0.141. The molecule has 2 amide bonds. The average molecular weight is 450 g/mol. The molecular weight excluding hydrogens is 424 g/mol. The van der Waals surface area contributed by atoms with Gasteiger partial charge in [-0.1, -0.05) is 48.5 Å². The van der Waals surface area contributed by atoms with Crippen LogP contribution in [-0.4, -0.2) is 65.4 Å². The summed E-state index contributed by atoms with van der Waals surface area (Å²) in [6.07, 6.45) is -1.80. The van der Waals surface area contributed by atoms with E-state index in [2.05, 4.69) is 17.4 Å². The lowest BCUT2D eigenvalue weighted by atomic mass is 9.98. The second-order valence-corrected chi connectivity index (χ2v) is 9.05. The molecule has 1 saturated heterocycles. The van der Waals surface area contributed by atoms with Crippen LogP contribution >= 0.6 is 0 Å². The first kappa shape index (κ1) is 21.5. The number of carbonyl (C=O) groups excluding carboxylic acids is 2. The molecule has 0 spiro atoms. The van der Waals surface area contributed by atoms with Crippen molar-refractivity contribution in [3.05, 3.63) is 59.7 Å². The Bertz CT molecular complexity index is 1040.